The van der Waals surface area contributed by atoms with Crippen molar-refractivity contribution in [3.8, 4) is 0 Å². The average molecular weight is 273 g/mol. The summed E-state index contributed by atoms with van der Waals surface area (Å²) in [6, 6.07) is 8.67. The number of hydrazone groups is 1. The van der Waals surface area contributed by atoms with Crippen LogP contribution in [0.4, 0.5) is 5.69 Å². The van der Waals surface area contributed by atoms with Gasteiger partial charge in [0.2, 0.25) is 0 Å². The lowest BCUT2D eigenvalue weighted by molar-refractivity contribution is 0.122. The van der Waals surface area contributed by atoms with E-state index in [0.717, 1.165) is 39.4 Å². The number of ether oxygens (including phenoxy) is 1. The van der Waals surface area contributed by atoms with Crippen molar-refractivity contribution < 1.29 is 4.74 Å². The Kier molecular flexibility index (Phi) is 4.53. The number of nitrogens with zero attached hydrogens (tertiary/aromatic N) is 3. The number of rotatable bonds is 3. The Balaban J connectivity index is 1.59. The molecule has 0 N–H and O–H groups in total. The molecule has 108 valence electrons. The first kappa shape index (κ1) is 13.4. The highest BCUT2D eigenvalue weighted by atomic mass is 16.5. The van der Waals surface area contributed by atoms with Gasteiger partial charge in [-0.1, -0.05) is 12.1 Å². The van der Waals surface area contributed by atoms with Crippen LogP contribution in [0.1, 0.15) is 24.8 Å². The quantitative estimate of drug-likeness (QED) is 0.791. The van der Waals surface area contributed by atoms with Crippen LogP contribution in [0.3, 0.4) is 0 Å². The number of hydrogen-bond acceptors (Lipinski definition) is 4. The lowest BCUT2D eigenvalue weighted by atomic mass is 10.2. The summed E-state index contributed by atoms with van der Waals surface area (Å²) in [5.41, 5.74) is 2.45. The van der Waals surface area contributed by atoms with E-state index in [1.807, 2.05) is 6.21 Å². The highest BCUT2D eigenvalue weighted by molar-refractivity contribution is 5.80. The van der Waals surface area contributed by atoms with Crippen molar-refractivity contribution in [3.05, 3.63) is 29.8 Å². The Hall–Kier alpha value is -1.55. The normalized spacial score (nSPS) is 20.6. The van der Waals surface area contributed by atoms with Gasteiger partial charge in [-0.3, -0.25) is 5.01 Å². The second-order valence-electron chi connectivity index (χ2n) is 5.45. The van der Waals surface area contributed by atoms with Crippen LogP contribution >= 0.6 is 0 Å². The molecule has 0 aliphatic carbocycles. The molecule has 4 heteroatoms. The lowest BCUT2D eigenvalue weighted by Gasteiger charge is -2.28. The fourth-order valence-corrected chi connectivity index (χ4v) is 2.73. The molecule has 2 aliphatic heterocycles. The summed E-state index contributed by atoms with van der Waals surface area (Å²) in [5, 5.41) is 6.75. The van der Waals surface area contributed by atoms with E-state index in [1.165, 1.54) is 30.5 Å². The van der Waals surface area contributed by atoms with Crippen LogP contribution < -0.4 is 4.90 Å². The maximum Gasteiger partial charge on any atom is 0.0642 e. The van der Waals surface area contributed by atoms with Gasteiger partial charge in [-0.2, -0.15) is 5.10 Å². The molecular formula is C16H23N3O. The Morgan fingerprint density at radius 1 is 0.900 bits per heavy atom. The van der Waals surface area contributed by atoms with E-state index < -0.39 is 0 Å². The molecule has 0 spiro atoms. The second kappa shape index (κ2) is 6.75. The number of benzene rings is 1. The first-order chi connectivity index (χ1) is 9.92. The van der Waals surface area contributed by atoms with Crippen molar-refractivity contribution in [1.29, 1.82) is 0 Å². The molecule has 3 rings (SSSR count). The molecule has 2 aliphatic rings. The molecule has 1 aromatic rings. The van der Waals surface area contributed by atoms with Crippen LogP contribution in [0, 0.1) is 0 Å². The van der Waals surface area contributed by atoms with Crippen molar-refractivity contribution in [3.63, 3.8) is 0 Å². The lowest BCUT2D eigenvalue weighted by Crippen LogP contribution is -2.36. The average Bonchev–Trinajstić information content (AvgIpc) is 2.55. The summed E-state index contributed by atoms with van der Waals surface area (Å²) >= 11 is 0. The minimum Gasteiger partial charge on any atom is -0.378 e. The van der Waals surface area contributed by atoms with Crippen molar-refractivity contribution in [1.82, 2.24) is 5.01 Å². The van der Waals surface area contributed by atoms with Crippen molar-refractivity contribution in [2.24, 2.45) is 5.10 Å². The molecule has 1 aromatic carbocycles. The van der Waals surface area contributed by atoms with Crippen LogP contribution in [0.2, 0.25) is 0 Å². The third-order valence-electron chi connectivity index (χ3n) is 3.97. The Morgan fingerprint density at radius 3 is 2.30 bits per heavy atom. The van der Waals surface area contributed by atoms with Crippen molar-refractivity contribution in [2.45, 2.75) is 19.3 Å². The summed E-state index contributed by atoms with van der Waals surface area (Å²) in [6.07, 6.45) is 5.87. The zero-order valence-corrected chi connectivity index (χ0v) is 12.0. The van der Waals surface area contributed by atoms with Gasteiger partial charge in [0.15, 0.2) is 0 Å². The van der Waals surface area contributed by atoms with Gasteiger partial charge in [-0.25, -0.2) is 0 Å². The first-order valence-electron chi connectivity index (χ1n) is 7.63. The fourth-order valence-electron chi connectivity index (χ4n) is 2.73. The molecule has 0 amide bonds. The van der Waals surface area contributed by atoms with Gasteiger partial charge in [0.25, 0.3) is 0 Å². The second-order valence-corrected chi connectivity index (χ2v) is 5.45. The molecule has 0 radical (unpaired) electrons. The van der Waals surface area contributed by atoms with Gasteiger partial charge < -0.3 is 9.64 Å². The Bertz CT molecular complexity index is 432. The molecule has 20 heavy (non-hydrogen) atoms. The Morgan fingerprint density at radius 2 is 1.60 bits per heavy atom. The molecule has 2 saturated heterocycles. The number of hydrogen-bond donors (Lipinski definition) is 0. The number of morpholine rings is 1. The first-order valence-corrected chi connectivity index (χ1v) is 7.63. The van der Waals surface area contributed by atoms with Gasteiger partial charge in [-0.15, -0.1) is 0 Å². The van der Waals surface area contributed by atoms with Crippen LogP contribution in [0.5, 0.6) is 0 Å². The van der Waals surface area contributed by atoms with Crippen LogP contribution in [-0.2, 0) is 4.74 Å². The summed E-state index contributed by atoms with van der Waals surface area (Å²) in [7, 11) is 0. The maximum absolute atomic E-state index is 5.38. The molecule has 2 heterocycles. The Labute approximate surface area is 121 Å². The largest absolute Gasteiger partial charge is 0.378 e. The minimum absolute atomic E-state index is 0.832. The van der Waals surface area contributed by atoms with Crippen LogP contribution in [0.25, 0.3) is 0 Å². The fraction of sp³-hybridized carbons (Fsp3) is 0.562. The summed E-state index contributed by atoms with van der Waals surface area (Å²) in [5.74, 6) is 0. The van der Waals surface area contributed by atoms with Gasteiger partial charge >= 0.3 is 0 Å². The van der Waals surface area contributed by atoms with E-state index in [9.17, 15) is 0 Å². The topological polar surface area (TPSA) is 28.1 Å². The maximum atomic E-state index is 5.38. The van der Waals surface area contributed by atoms with Gasteiger partial charge in [-0.05, 0) is 37.0 Å². The highest BCUT2D eigenvalue weighted by Gasteiger charge is 2.10. The molecule has 4 nitrogen and oxygen atoms in total. The smallest absolute Gasteiger partial charge is 0.0642 e. The van der Waals surface area contributed by atoms with E-state index in [4.69, 9.17) is 4.74 Å². The van der Waals surface area contributed by atoms with Gasteiger partial charge in [0.05, 0.1) is 19.4 Å². The van der Waals surface area contributed by atoms with E-state index in [-0.39, 0.29) is 0 Å². The predicted octanol–water partition coefficient (Wildman–Crippen LogP) is 2.34. The molecule has 0 unspecified atom stereocenters. The molecular weight excluding hydrogens is 250 g/mol. The molecule has 0 saturated carbocycles. The van der Waals surface area contributed by atoms with E-state index in [2.05, 4.69) is 39.3 Å². The molecule has 0 aromatic heterocycles. The van der Waals surface area contributed by atoms with E-state index in [1.54, 1.807) is 0 Å². The van der Waals surface area contributed by atoms with Crippen molar-refractivity contribution >= 4 is 11.9 Å². The van der Waals surface area contributed by atoms with E-state index >= 15 is 0 Å². The van der Waals surface area contributed by atoms with Crippen molar-refractivity contribution in [2.75, 3.05) is 44.3 Å². The van der Waals surface area contributed by atoms with E-state index in [0.29, 0.717) is 0 Å². The van der Waals surface area contributed by atoms with Crippen LogP contribution in [0.15, 0.2) is 29.4 Å². The summed E-state index contributed by atoms with van der Waals surface area (Å²) < 4.78 is 5.38. The summed E-state index contributed by atoms with van der Waals surface area (Å²) in [6.45, 7) is 5.84. The zero-order chi connectivity index (χ0) is 13.6. The molecule has 0 bridgehead atoms. The third-order valence-corrected chi connectivity index (χ3v) is 3.97. The SMILES string of the molecule is C(=N/N1CCCCC1)/c1ccc(N2CCOCC2)cc1. The van der Waals surface area contributed by atoms with Gasteiger partial charge in [0, 0.05) is 31.9 Å². The third kappa shape index (κ3) is 3.51. The number of piperidine rings is 1. The minimum atomic E-state index is 0.832. The van der Waals surface area contributed by atoms with Gasteiger partial charge in [0.1, 0.15) is 0 Å². The summed E-state index contributed by atoms with van der Waals surface area (Å²) in [4.78, 5) is 2.37. The number of anilines is 1. The predicted molar refractivity (Wildman–Crippen MR) is 82.5 cm³/mol. The highest BCUT2D eigenvalue weighted by Crippen LogP contribution is 2.16. The zero-order valence-electron chi connectivity index (χ0n) is 12.0. The molecule has 2 fully saturated rings. The standard InChI is InChI=1S/C16H23N3O/c1-2-8-19(9-3-1)17-14-15-4-6-16(7-5-15)18-10-12-20-13-11-18/h4-7,14H,1-3,8-13H2/b17-14-. The molecule has 0 atom stereocenters. The van der Waals surface area contributed by atoms with Crippen LogP contribution in [-0.4, -0.2) is 50.6 Å². The monoisotopic (exact) mass is 273 g/mol.